The van der Waals surface area contributed by atoms with Crippen LogP contribution in [0.2, 0.25) is 0 Å². The minimum atomic E-state index is -0.0523. The van der Waals surface area contributed by atoms with Crippen LogP contribution in [-0.2, 0) is 0 Å². The maximum absolute atomic E-state index is 11.6. The summed E-state index contributed by atoms with van der Waals surface area (Å²) in [5, 5.41) is 4.69. The first-order valence-electron chi connectivity index (χ1n) is 6.64. The number of nitrogens with one attached hydrogen (secondary N) is 1. The number of hydrogen-bond donors (Lipinski definition) is 1. The fraction of sp³-hybridized carbons (Fsp3) is 0.692. The SMILES string of the molecule is CC1CCN(CCCNC(=O)c2cscn2)CC1. The number of nitrogens with zero attached hydrogens (tertiary/aromatic N) is 2. The van der Waals surface area contributed by atoms with Gasteiger partial charge in [0, 0.05) is 11.9 Å². The summed E-state index contributed by atoms with van der Waals surface area (Å²) in [5.74, 6) is 0.828. The molecule has 1 aliphatic rings. The molecule has 0 spiro atoms. The molecule has 1 aromatic heterocycles. The average molecular weight is 267 g/mol. The van der Waals surface area contributed by atoms with Gasteiger partial charge in [0.1, 0.15) is 5.69 Å². The minimum Gasteiger partial charge on any atom is -0.351 e. The van der Waals surface area contributed by atoms with Crippen molar-refractivity contribution in [3.8, 4) is 0 Å². The van der Waals surface area contributed by atoms with E-state index in [0.717, 1.165) is 25.4 Å². The van der Waals surface area contributed by atoms with Crippen molar-refractivity contribution in [3.05, 3.63) is 16.6 Å². The van der Waals surface area contributed by atoms with Crippen LogP contribution in [0.3, 0.4) is 0 Å². The molecular formula is C13H21N3OS. The standard InChI is InChI=1S/C13H21N3OS/c1-11-3-7-16(8-4-11)6-2-5-14-13(17)12-9-18-10-15-12/h9-11H,2-8H2,1H3,(H,14,17). The van der Waals surface area contributed by atoms with E-state index in [0.29, 0.717) is 5.69 Å². The molecule has 100 valence electrons. The third kappa shape index (κ3) is 4.07. The topological polar surface area (TPSA) is 45.2 Å². The fourth-order valence-corrected chi connectivity index (χ4v) is 2.74. The molecule has 1 aromatic rings. The van der Waals surface area contributed by atoms with E-state index in [1.165, 1.54) is 37.3 Å². The first-order valence-corrected chi connectivity index (χ1v) is 7.58. The van der Waals surface area contributed by atoms with Gasteiger partial charge in [0.2, 0.25) is 0 Å². The lowest BCUT2D eigenvalue weighted by molar-refractivity contribution is 0.0946. The molecule has 1 amide bonds. The Morgan fingerprint density at radius 3 is 3.00 bits per heavy atom. The number of aromatic nitrogens is 1. The lowest BCUT2D eigenvalue weighted by Gasteiger charge is -2.30. The van der Waals surface area contributed by atoms with Crippen LogP contribution in [0.5, 0.6) is 0 Å². The Morgan fingerprint density at radius 2 is 2.33 bits per heavy atom. The zero-order valence-electron chi connectivity index (χ0n) is 10.9. The molecule has 18 heavy (non-hydrogen) atoms. The van der Waals surface area contributed by atoms with Crippen molar-refractivity contribution >= 4 is 17.2 Å². The normalized spacial score (nSPS) is 17.8. The van der Waals surface area contributed by atoms with E-state index in [1.54, 1.807) is 10.9 Å². The molecule has 0 aliphatic carbocycles. The Hall–Kier alpha value is -0.940. The molecule has 0 radical (unpaired) electrons. The second-order valence-corrected chi connectivity index (χ2v) is 5.73. The number of likely N-dealkylation sites (tertiary alicyclic amines) is 1. The Bertz CT molecular complexity index is 358. The van der Waals surface area contributed by atoms with Crippen LogP contribution in [0.4, 0.5) is 0 Å². The quantitative estimate of drug-likeness (QED) is 0.830. The number of thiazole rings is 1. The van der Waals surface area contributed by atoms with E-state index in [1.807, 2.05) is 0 Å². The van der Waals surface area contributed by atoms with Crippen LogP contribution in [-0.4, -0.2) is 42.0 Å². The molecule has 0 bridgehead atoms. The number of carbonyl (C=O) groups excluding carboxylic acids is 1. The molecule has 1 saturated heterocycles. The van der Waals surface area contributed by atoms with Crippen LogP contribution in [0, 0.1) is 5.92 Å². The predicted molar refractivity (Wildman–Crippen MR) is 73.9 cm³/mol. The van der Waals surface area contributed by atoms with Gasteiger partial charge in [-0.2, -0.15) is 0 Å². The van der Waals surface area contributed by atoms with Crippen LogP contribution in [0.15, 0.2) is 10.9 Å². The van der Waals surface area contributed by atoms with E-state index in [-0.39, 0.29) is 5.91 Å². The summed E-state index contributed by atoms with van der Waals surface area (Å²) in [7, 11) is 0. The van der Waals surface area contributed by atoms with Crippen molar-refractivity contribution < 1.29 is 4.79 Å². The summed E-state index contributed by atoms with van der Waals surface area (Å²) in [4.78, 5) is 18.1. The van der Waals surface area contributed by atoms with E-state index < -0.39 is 0 Å². The molecule has 0 unspecified atom stereocenters. The first-order chi connectivity index (χ1) is 8.75. The molecule has 0 atom stereocenters. The highest BCUT2D eigenvalue weighted by atomic mass is 32.1. The third-order valence-corrected chi connectivity index (χ3v) is 4.06. The van der Waals surface area contributed by atoms with E-state index in [4.69, 9.17) is 0 Å². The molecule has 2 heterocycles. The van der Waals surface area contributed by atoms with Gasteiger partial charge in [-0.3, -0.25) is 4.79 Å². The van der Waals surface area contributed by atoms with Crippen molar-refractivity contribution in [2.45, 2.75) is 26.2 Å². The summed E-state index contributed by atoms with van der Waals surface area (Å²) in [6.07, 6.45) is 3.64. The lowest BCUT2D eigenvalue weighted by Crippen LogP contribution is -2.35. The average Bonchev–Trinajstić information content (AvgIpc) is 2.90. The second kappa shape index (κ2) is 6.85. The van der Waals surface area contributed by atoms with Gasteiger partial charge in [-0.05, 0) is 44.8 Å². The highest BCUT2D eigenvalue weighted by Gasteiger charge is 2.15. The summed E-state index contributed by atoms with van der Waals surface area (Å²) in [5.41, 5.74) is 2.22. The fourth-order valence-electron chi connectivity index (χ4n) is 2.21. The molecule has 2 rings (SSSR count). The number of carbonyl (C=O) groups is 1. The van der Waals surface area contributed by atoms with E-state index in [9.17, 15) is 4.79 Å². The first kappa shape index (κ1) is 13.5. The van der Waals surface area contributed by atoms with Crippen molar-refractivity contribution in [2.75, 3.05) is 26.2 Å². The molecule has 5 heteroatoms. The van der Waals surface area contributed by atoms with Gasteiger partial charge < -0.3 is 10.2 Å². The maximum atomic E-state index is 11.6. The van der Waals surface area contributed by atoms with Crippen LogP contribution in [0.1, 0.15) is 36.7 Å². The van der Waals surface area contributed by atoms with Crippen LogP contribution in [0.25, 0.3) is 0 Å². The smallest absolute Gasteiger partial charge is 0.270 e. The van der Waals surface area contributed by atoms with Crippen LogP contribution >= 0.6 is 11.3 Å². The molecule has 1 N–H and O–H groups in total. The molecular weight excluding hydrogens is 246 g/mol. The Balaban J connectivity index is 1.57. The number of amides is 1. The summed E-state index contributed by atoms with van der Waals surface area (Å²) in [6, 6.07) is 0. The Labute approximate surface area is 112 Å². The van der Waals surface area contributed by atoms with E-state index >= 15 is 0 Å². The maximum Gasteiger partial charge on any atom is 0.270 e. The zero-order valence-corrected chi connectivity index (χ0v) is 11.7. The van der Waals surface area contributed by atoms with Gasteiger partial charge in [-0.1, -0.05) is 6.92 Å². The summed E-state index contributed by atoms with van der Waals surface area (Å²) in [6.45, 7) is 6.57. The summed E-state index contributed by atoms with van der Waals surface area (Å²) >= 11 is 1.45. The number of hydrogen-bond acceptors (Lipinski definition) is 4. The minimum absolute atomic E-state index is 0.0523. The van der Waals surface area contributed by atoms with Gasteiger partial charge in [-0.25, -0.2) is 4.98 Å². The van der Waals surface area contributed by atoms with Crippen molar-refractivity contribution in [3.63, 3.8) is 0 Å². The Kier molecular flexibility index (Phi) is 5.13. The van der Waals surface area contributed by atoms with Gasteiger partial charge in [0.15, 0.2) is 0 Å². The molecule has 0 aromatic carbocycles. The second-order valence-electron chi connectivity index (χ2n) is 5.01. The molecule has 1 fully saturated rings. The molecule has 4 nitrogen and oxygen atoms in total. The Morgan fingerprint density at radius 1 is 1.56 bits per heavy atom. The monoisotopic (exact) mass is 267 g/mol. The van der Waals surface area contributed by atoms with Gasteiger partial charge in [0.05, 0.1) is 5.51 Å². The number of piperidine rings is 1. The zero-order chi connectivity index (χ0) is 12.8. The van der Waals surface area contributed by atoms with Crippen LogP contribution < -0.4 is 5.32 Å². The third-order valence-electron chi connectivity index (χ3n) is 3.48. The molecule has 1 aliphatic heterocycles. The van der Waals surface area contributed by atoms with Gasteiger partial charge in [0.25, 0.3) is 5.91 Å². The predicted octanol–water partition coefficient (Wildman–Crippen LogP) is 1.99. The lowest BCUT2D eigenvalue weighted by atomic mass is 9.99. The van der Waals surface area contributed by atoms with Gasteiger partial charge >= 0.3 is 0 Å². The highest BCUT2D eigenvalue weighted by Crippen LogP contribution is 2.15. The largest absolute Gasteiger partial charge is 0.351 e. The van der Waals surface area contributed by atoms with Gasteiger partial charge in [-0.15, -0.1) is 11.3 Å². The van der Waals surface area contributed by atoms with Crippen molar-refractivity contribution in [2.24, 2.45) is 5.92 Å². The number of rotatable bonds is 5. The van der Waals surface area contributed by atoms with Crippen molar-refractivity contribution in [1.82, 2.24) is 15.2 Å². The van der Waals surface area contributed by atoms with Crippen molar-refractivity contribution in [1.29, 1.82) is 0 Å². The summed E-state index contributed by atoms with van der Waals surface area (Å²) < 4.78 is 0. The molecule has 0 saturated carbocycles. The highest BCUT2D eigenvalue weighted by molar-refractivity contribution is 7.07. The van der Waals surface area contributed by atoms with E-state index in [2.05, 4.69) is 22.1 Å².